The van der Waals surface area contributed by atoms with Crippen molar-refractivity contribution >= 4 is 32.3 Å². The fourth-order valence-electron chi connectivity index (χ4n) is 4.14. The van der Waals surface area contributed by atoms with Crippen molar-refractivity contribution in [3.05, 3.63) is 83.9 Å². The lowest BCUT2D eigenvalue weighted by atomic mass is 9.90. The summed E-state index contributed by atoms with van der Waals surface area (Å²) in [6, 6.07) is 21.7. The zero-order valence-corrected chi connectivity index (χ0v) is 20.9. The summed E-state index contributed by atoms with van der Waals surface area (Å²) in [7, 11) is -0.888. The number of ether oxygens (including phenoxy) is 2. The first-order valence-electron chi connectivity index (χ1n) is 11.1. The molecule has 0 fully saturated rings. The van der Waals surface area contributed by atoms with Crippen molar-refractivity contribution < 1.29 is 22.7 Å². The number of methoxy groups -OCH3 is 2. The summed E-state index contributed by atoms with van der Waals surface area (Å²) in [5.74, 6) is 0.831. The van der Waals surface area contributed by atoms with Crippen molar-refractivity contribution in [1.29, 1.82) is 0 Å². The van der Waals surface area contributed by atoms with Gasteiger partial charge in [-0.25, -0.2) is 8.42 Å². The van der Waals surface area contributed by atoms with Gasteiger partial charge in [-0.2, -0.15) is 0 Å². The number of hydrogen-bond acceptors (Lipinski definition) is 5. The highest BCUT2D eigenvalue weighted by Crippen LogP contribution is 2.43. The van der Waals surface area contributed by atoms with Gasteiger partial charge in [-0.3, -0.25) is 9.52 Å². The van der Waals surface area contributed by atoms with Crippen LogP contribution in [0.5, 0.6) is 11.5 Å². The number of carbonyl (C=O) groups excluding carboxylic acids is 1. The Kier molecular flexibility index (Phi) is 6.80. The minimum absolute atomic E-state index is 0.00351. The van der Waals surface area contributed by atoms with Crippen LogP contribution in [0.1, 0.15) is 18.1 Å². The van der Waals surface area contributed by atoms with Crippen molar-refractivity contribution in [1.82, 2.24) is 0 Å². The van der Waals surface area contributed by atoms with Crippen LogP contribution >= 0.6 is 0 Å². The van der Waals surface area contributed by atoms with Crippen molar-refractivity contribution in [3.63, 3.8) is 0 Å². The van der Waals surface area contributed by atoms with Crippen molar-refractivity contribution in [3.8, 4) is 22.6 Å². The molecule has 0 aliphatic carbocycles. The van der Waals surface area contributed by atoms with Crippen molar-refractivity contribution in [2.24, 2.45) is 0 Å². The van der Waals surface area contributed by atoms with Gasteiger partial charge in [-0.1, -0.05) is 54.1 Å². The SMILES string of the molecule is COc1cc(NS(=O)(=O)c2ccc(C)cc2)c(-c2c(CC(C)=O)ccc3ccccc23)cc1OC. The lowest BCUT2D eigenvalue weighted by molar-refractivity contribution is -0.116. The highest BCUT2D eigenvalue weighted by atomic mass is 32.2. The van der Waals surface area contributed by atoms with E-state index in [2.05, 4.69) is 4.72 Å². The van der Waals surface area contributed by atoms with E-state index in [1.54, 1.807) is 36.4 Å². The second-order valence-corrected chi connectivity index (χ2v) is 10.1. The minimum Gasteiger partial charge on any atom is -0.493 e. The molecule has 0 amide bonds. The van der Waals surface area contributed by atoms with Crippen molar-refractivity contribution in [2.75, 3.05) is 18.9 Å². The molecule has 0 aliphatic heterocycles. The van der Waals surface area contributed by atoms with Gasteiger partial charge in [0.25, 0.3) is 10.0 Å². The summed E-state index contributed by atoms with van der Waals surface area (Å²) in [6.45, 7) is 3.43. The van der Waals surface area contributed by atoms with Gasteiger partial charge in [0, 0.05) is 18.1 Å². The Balaban J connectivity index is 2.00. The van der Waals surface area contributed by atoms with E-state index in [1.807, 2.05) is 43.3 Å². The van der Waals surface area contributed by atoms with Crippen LogP contribution in [-0.2, 0) is 21.2 Å². The molecule has 1 N–H and O–H groups in total. The number of fused-ring (bicyclic) bond motifs is 1. The number of Topliss-reactive ketones (excluding diaryl/α,β-unsaturated/α-hetero) is 1. The van der Waals surface area contributed by atoms with Crippen LogP contribution in [0.3, 0.4) is 0 Å². The van der Waals surface area contributed by atoms with Crippen LogP contribution in [-0.4, -0.2) is 28.4 Å². The number of anilines is 1. The number of carbonyl (C=O) groups is 1. The molecule has 0 aliphatic rings. The molecule has 0 heterocycles. The summed E-state index contributed by atoms with van der Waals surface area (Å²) < 4.78 is 40.4. The van der Waals surface area contributed by atoms with Gasteiger partial charge in [0.1, 0.15) is 5.78 Å². The molecular weight excluding hydrogens is 462 g/mol. The third-order valence-electron chi connectivity index (χ3n) is 5.82. The van der Waals surface area contributed by atoms with E-state index >= 15 is 0 Å². The van der Waals surface area contributed by atoms with Gasteiger partial charge in [-0.05, 0) is 53.9 Å². The molecule has 0 bridgehead atoms. The monoisotopic (exact) mass is 489 g/mol. The fraction of sp³-hybridized carbons (Fsp3) is 0.179. The Labute approximate surface area is 205 Å². The first-order chi connectivity index (χ1) is 16.7. The van der Waals surface area contributed by atoms with E-state index < -0.39 is 10.0 Å². The van der Waals surface area contributed by atoms with Crippen LogP contribution in [0.15, 0.2) is 77.7 Å². The van der Waals surface area contributed by atoms with E-state index in [9.17, 15) is 13.2 Å². The van der Waals surface area contributed by atoms with Gasteiger partial charge in [0.05, 0.1) is 24.8 Å². The second-order valence-electron chi connectivity index (χ2n) is 8.37. The lowest BCUT2D eigenvalue weighted by Gasteiger charge is -2.20. The van der Waals surface area contributed by atoms with Gasteiger partial charge in [0.15, 0.2) is 11.5 Å². The third-order valence-corrected chi connectivity index (χ3v) is 7.20. The Morgan fingerprint density at radius 3 is 2.20 bits per heavy atom. The Bertz CT molecular complexity index is 1510. The maximum atomic E-state index is 13.3. The number of aryl methyl sites for hydroxylation is 1. The van der Waals surface area contributed by atoms with E-state index in [4.69, 9.17) is 9.47 Å². The first kappa shape index (κ1) is 24.3. The summed E-state index contributed by atoms with van der Waals surface area (Å²) in [5, 5.41) is 1.87. The maximum Gasteiger partial charge on any atom is 0.261 e. The van der Waals surface area contributed by atoms with Crippen molar-refractivity contribution in [2.45, 2.75) is 25.2 Å². The molecule has 6 nitrogen and oxygen atoms in total. The molecule has 7 heteroatoms. The molecule has 0 unspecified atom stereocenters. The topological polar surface area (TPSA) is 81.7 Å². The van der Waals surface area contributed by atoms with Gasteiger partial charge < -0.3 is 9.47 Å². The molecule has 4 aromatic carbocycles. The molecule has 180 valence electrons. The summed E-state index contributed by atoms with van der Waals surface area (Å²) in [6.07, 6.45) is 0.207. The van der Waals surface area contributed by atoms with Crippen LogP contribution < -0.4 is 14.2 Å². The maximum absolute atomic E-state index is 13.3. The highest BCUT2D eigenvalue weighted by molar-refractivity contribution is 7.92. The van der Waals surface area contributed by atoms with E-state index in [0.717, 1.165) is 27.5 Å². The molecule has 4 rings (SSSR count). The standard InChI is InChI=1S/C28H27NO5S/c1-18-9-13-22(14-10-18)35(31,32)29-25-17-27(34-4)26(33-3)16-24(25)28-21(15-19(2)30)12-11-20-7-5-6-8-23(20)28/h5-14,16-17,29H,15H2,1-4H3. The second kappa shape index (κ2) is 9.80. The average Bonchev–Trinajstić information content (AvgIpc) is 2.83. The van der Waals surface area contributed by atoms with Crippen LogP contribution in [0.25, 0.3) is 21.9 Å². The molecule has 35 heavy (non-hydrogen) atoms. The minimum atomic E-state index is -3.91. The number of hydrogen-bond donors (Lipinski definition) is 1. The molecule has 0 spiro atoms. The number of benzene rings is 4. The third kappa shape index (κ3) is 5.00. The Morgan fingerprint density at radius 2 is 1.54 bits per heavy atom. The smallest absolute Gasteiger partial charge is 0.261 e. The van der Waals surface area contributed by atoms with Gasteiger partial charge >= 0.3 is 0 Å². The highest BCUT2D eigenvalue weighted by Gasteiger charge is 2.22. The van der Waals surface area contributed by atoms with E-state index in [1.165, 1.54) is 21.1 Å². The number of sulfonamides is 1. The lowest BCUT2D eigenvalue weighted by Crippen LogP contribution is -2.14. The molecule has 0 saturated carbocycles. The predicted molar refractivity (Wildman–Crippen MR) is 139 cm³/mol. The molecule has 4 aromatic rings. The van der Waals surface area contributed by atoms with Gasteiger partial charge in [0.2, 0.25) is 0 Å². The Hall–Kier alpha value is -3.84. The summed E-state index contributed by atoms with van der Waals surface area (Å²) in [4.78, 5) is 12.3. The largest absolute Gasteiger partial charge is 0.493 e. The molecular formula is C28H27NO5S. The summed E-state index contributed by atoms with van der Waals surface area (Å²) in [5.41, 5.74) is 3.43. The van der Waals surface area contributed by atoms with E-state index in [0.29, 0.717) is 22.7 Å². The normalized spacial score (nSPS) is 11.3. The van der Waals surface area contributed by atoms with Crippen LogP contribution in [0.2, 0.25) is 0 Å². The first-order valence-corrected chi connectivity index (χ1v) is 12.6. The molecule has 0 radical (unpaired) electrons. The predicted octanol–water partition coefficient (Wildman–Crippen LogP) is 5.76. The van der Waals surface area contributed by atoms with Gasteiger partial charge in [-0.15, -0.1) is 0 Å². The number of nitrogens with one attached hydrogen (secondary N) is 1. The zero-order chi connectivity index (χ0) is 25.2. The summed E-state index contributed by atoms with van der Waals surface area (Å²) >= 11 is 0. The van der Waals surface area contributed by atoms with Crippen LogP contribution in [0, 0.1) is 6.92 Å². The quantitative estimate of drug-likeness (QED) is 0.340. The zero-order valence-electron chi connectivity index (χ0n) is 20.1. The molecule has 0 aromatic heterocycles. The molecule has 0 atom stereocenters. The van der Waals surface area contributed by atoms with E-state index in [-0.39, 0.29) is 17.1 Å². The Morgan fingerprint density at radius 1 is 0.886 bits per heavy atom. The number of ketones is 1. The van der Waals surface area contributed by atoms with Crippen LogP contribution in [0.4, 0.5) is 5.69 Å². The fourth-order valence-corrected chi connectivity index (χ4v) is 5.21. The average molecular weight is 490 g/mol. The number of rotatable bonds is 8. The molecule has 0 saturated heterocycles.